The van der Waals surface area contributed by atoms with Gasteiger partial charge in [-0.05, 0) is 32.4 Å². The summed E-state index contributed by atoms with van der Waals surface area (Å²) in [5, 5.41) is 3.36. The maximum atomic E-state index is 11.0. The molecular formula is C15H25NO3S. The molecule has 1 aromatic rings. The molecule has 0 saturated carbocycles. The minimum Gasteiger partial charge on any atom is -0.490 e. The van der Waals surface area contributed by atoms with Gasteiger partial charge in [0, 0.05) is 35.4 Å². The molecule has 5 heteroatoms. The Morgan fingerprint density at radius 1 is 1.25 bits per heavy atom. The predicted molar refractivity (Wildman–Crippen MR) is 84.1 cm³/mol. The van der Waals surface area contributed by atoms with Gasteiger partial charge in [-0.1, -0.05) is 12.1 Å². The lowest BCUT2D eigenvalue weighted by Gasteiger charge is -2.15. The van der Waals surface area contributed by atoms with Crippen molar-refractivity contribution in [1.82, 2.24) is 5.32 Å². The molecule has 0 fully saturated rings. The highest BCUT2D eigenvalue weighted by atomic mass is 32.2. The maximum Gasteiger partial charge on any atom is 0.161 e. The van der Waals surface area contributed by atoms with E-state index in [4.69, 9.17) is 9.47 Å². The fourth-order valence-electron chi connectivity index (χ4n) is 1.76. The van der Waals surface area contributed by atoms with Crippen molar-refractivity contribution >= 4 is 10.8 Å². The summed E-state index contributed by atoms with van der Waals surface area (Å²) in [5.74, 6) is 2.30. The fraction of sp³-hybridized carbons (Fsp3) is 0.600. The standard InChI is InChI=1S/C15H25NO3S/c1-4-18-14-7-5-6-8-15(14)19-11-10-16-13(2)9-12-20(3)17/h5-8,13,16H,4,9-12H2,1-3H3. The van der Waals surface area contributed by atoms with Gasteiger partial charge in [0.25, 0.3) is 0 Å². The van der Waals surface area contributed by atoms with Crippen molar-refractivity contribution in [2.24, 2.45) is 0 Å². The highest BCUT2D eigenvalue weighted by Gasteiger charge is 2.05. The molecule has 0 amide bonds. The number of hydrogen-bond acceptors (Lipinski definition) is 4. The van der Waals surface area contributed by atoms with Crippen molar-refractivity contribution in [1.29, 1.82) is 0 Å². The zero-order valence-electron chi connectivity index (χ0n) is 12.6. The van der Waals surface area contributed by atoms with Gasteiger partial charge in [-0.25, -0.2) is 0 Å². The number of para-hydroxylation sites is 2. The lowest BCUT2D eigenvalue weighted by molar-refractivity contribution is 0.272. The molecule has 1 rings (SSSR count). The topological polar surface area (TPSA) is 47.6 Å². The average Bonchev–Trinajstić information content (AvgIpc) is 2.43. The van der Waals surface area contributed by atoms with Gasteiger partial charge in [0.1, 0.15) is 6.61 Å². The van der Waals surface area contributed by atoms with Gasteiger partial charge >= 0.3 is 0 Å². The van der Waals surface area contributed by atoms with Crippen LogP contribution < -0.4 is 14.8 Å². The van der Waals surface area contributed by atoms with E-state index in [1.165, 1.54) is 0 Å². The Morgan fingerprint density at radius 2 is 1.90 bits per heavy atom. The molecular weight excluding hydrogens is 274 g/mol. The molecule has 4 nitrogen and oxygen atoms in total. The third kappa shape index (κ3) is 6.91. The van der Waals surface area contributed by atoms with Gasteiger partial charge in [-0.15, -0.1) is 0 Å². The van der Waals surface area contributed by atoms with Crippen molar-refractivity contribution < 1.29 is 13.7 Å². The van der Waals surface area contributed by atoms with E-state index in [1.807, 2.05) is 31.2 Å². The molecule has 114 valence electrons. The first-order chi connectivity index (χ1) is 9.63. The molecule has 0 aliphatic heterocycles. The van der Waals surface area contributed by atoms with E-state index < -0.39 is 10.8 Å². The van der Waals surface area contributed by atoms with Crippen LogP contribution in [0.15, 0.2) is 24.3 Å². The molecule has 20 heavy (non-hydrogen) atoms. The normalized spacial score (nSPS) is 13.8. The molecule has 1 N–H and O–H groups in total. The Hall–Kier alpha value is -1.07. The molecule has 1 aromatic carbocycles. The monoisotopic (exact) mass is 299 g/mol. The Morgan fingerprint density at radius 3 is 2.50 bits per heavy atom. The third-order valence-electron chi connectivity index (χ3n) is 2.84. The van der Waals surface area contributed by atoms with Crippen LogP contribution in [0, 0.1) is 0 Å². The highest BCUT2D eigenvalue weighted by molar-refractivity contribution is 7.84. The van der Waals surface area contributed by atoms with Gasteiger partial charge in [-0.3, -0.25) is 4.21 Å². The molecule has 2 atom stereocenters. The Kier molecular flexibility index (Phi) is 8.30. The van der Waals surface area contributed by atoms with Gasteiger partial charge in [-0.2, -0.15) is 0 Å². The van der Waals surface area contributed by atoms with Gasteiger partial charge in [0.2, 0.25) is 0 Å². The highest BCUT2D eigenvalue weighted by Crippen LogP contribution is 2.25. The summed E-state index contributed by atoms with van der Waals surface area (Å²) in [6, 6.07) is 8.04. The van der Waals surface area contributed by atoms with Crippen molar-refractivity contribution in [3.63, 3.8) is 0 Å². The summed E-state index contributed by atoms with van der Waals surface area (Å²) in [4.78, 5) is 0. The summed E-state index contributed by atoms with van der Waals surface area (Å²) in [6.07, 6.45) is 2.65. The molecule has 2 unspecified atom stereocenters. The summed E-state index contributed by atoms with van der Waals surface area (Å²) in [5.41, 5.74) is 0. The van der Waals surface area contributed by atoms with Crippen LogP contribution >= 0.6 is 0 Å². The van der Waals surface area contributed by atoms with Crippen molar-refractivity contribution in [3.05, 3.63) is 24.3 Å². The smallest absolute Gasteiger partial charge is 0.161 e. The third-order valence-corrected chi connectivity index (χ3v) is 3.65. The van der Waals surface area contributed by atoms with Crippen LogP contribution in [0.5, 0.6) is 11.5 Å². The van der Waals surface area contributed by atoms with Gasteiger partial charge in [0.05, 0.1) is 6.61 Å². The molecule has 0 bridgehead atoms. The molecule has 0 aromatic heterocycles. The number of hydrogen-bond donors (Lipinski definition) is 1. The minimum atomic E-state index is -0.716. The van der Waals surface area contributed by atoms with E-state index in [0.29, 0.717) is 19.3 Å². The summed E-state index contributed by atoms with van der Waals surface area (Å²) < 4.78 is 22.2. The predicted octanol–water partition coefficient (Wildman–Crippen LogP) is 2.21. The van der Waals surface area contributed by atoms with E-state index in [2.05, 4.69) is 12.2 Å². The second-order valence-corrected chi connectivity index (χ2v) is 6.20. The van der Waals surface area contributed by atoms with Crippen molar-refractivity contribution in [2.45, 2.75) is 26.3 Å². The van der Waals surface area contributed by atoms with Gasteiger partial charge in [0.15, 0.2) is 11.5 Å². The quantitative estimate of drug-likeness (QED) is 0.673. The molecule has 0 aliphatic carbocycles. The van der Waals surface area contributed by atoms with E-state index >= 15 is 0 Å². The fourth-order valence-corrected chi connectivity index (χ4v) is 2.44. The maximum absolute atomic E-state index is 11.0. The summed E-state index contributed by atoms with van der Waals surface area (Å²) >= 11 is 0. The van der Waals surface area contributed by atoms with Gasteiger partial charge < -0.3 is 14.8 Å². The van der Waals surface area contributed by atoms with E-state index in [0.717, 1.165) is 30.2 Å². The largest absolute Gasteiger partial charge is 0.490 e. The van der Waals surface area contributed by atoms with Crippen LogP contribution in [0.1, 0.15) is 20.3 Å². The SMILES string of the molecule is CCOc1ccccc1OCCNC(C)CCS(C)=O. The average molecular weight is 299 g/mol. The number of ether oxygens (including phenoxy) is 2. The summed E-state index contributed by atoms with van der Waals surface area (Å²) in [6.45, 7) is 6.03. The van der Waals surface area contributed by atoms with E-state index in [9.17, 15) is 4.21 Å². The van der Waals surface area contributed by atoms with E-state index in [-0.39, 0.29) is 0 Å². The van der Waals surface area contributed by atoms with Crippen LogP contribution in [0.3, 0.4) is 0 Å². The van der Waals surface area contributed by atoms with Crippen LogP contribution in [0.25, 0.3) is 0 Å². The first kappa shape index (κ1) is 17.0. The lowest BCUT2D eigenvalue weighted by atomic mass is 10.2. The molecule has 0 heterocycles. The zero-order valence-corrected chi connectivity index (χ0v) is 13.4. The zero-order chi connectivity index (χ0) is 14.8. The Balaban J connectivity index is 2.25. The molecule has 0 spiro atoms. The number of benzene rings is 1. The molecule has 0 saturated heterocycles. The Bertz CT molecular complexity index is 412. The van der Waals surface area contributed by atoms with E-state index in [1.54, 1.807) is 6.26 Å². The number of nitrogens with one attached hydrogen (secondary N) is 1. The second kappa shape index (κ2) is 9.77. The lowest BCUT2D eigenvalue weighted by Crippen LogP contribution is -2.31. The molecule has 0 aliphatic rings. The first-order valence-electron chi connectivity index (χ1n) is 7.01. The minimum absolute atomic E-state index is 0.352. The second-order valence-electron chi connectivity index (χ2n) is 4.65. The van der Waals surface area contributed by atoms with Crippen LogP contribution in [-0.2, 0) is 10.8 Å². The van der Waals surface area contributed by atoms with Crippen LogP contribution in [0.2, 0.25) is 0 Å². The number of rotatable bonds is 10. The van der Waals surface area contributed by atoms with Crippen LogP contribution in [-0.4, -0.2) is 42.0 Å². The van der Waals surface area contributed by atoms with Crippen molar-refractivity contribution in [3.8, 4) is 11.5 Å². The Labute approximate surface area is 124 Å². The van der Waals surface area contributed by atoms with Crippen molar-refractivity contribution in [2.75, 3.05) is 31.8 Å². The van der Waals surface area contributed by atoms with Crippen LogP contribution in [0.4, 0.5) is 0 Å². The molecule has 0 radical (unpaired) electrons. The summed E-state index contributed by atoms with van der Waals surface area (Å²) in [7, 11) is -0.716. The first-order valence-corrected chi connectivity index (χ1v) is 8.74.